The normalized spacial score (nSPS) is 10.2. The second-order valence-electron chi connectivity index (χ2n) is 4.79. The van der Waals surface area contributed by atoms with Crippen LogP contribution in [0.5, 0.6) is 0 Å². The fourth-order valence-corrected chi connectivity index (χ4v) is 2.14. The Morgan fingerprint density at radius 1 is 1.08 bits per heavy atom. The van der Waals surface area contributed by atoms with Crippen molar-refractivity contribution in [2.24, 2.45) is 0 Å². The summed E-state index contributed by atoms with van der Waals surface area (Å²) in [5.74, 6) is -0.746. The number of hydrogen-bond donors (Lipinski definition) is 1. The molecular weight excluding hydrogens is 310 g/mol. The van der Waals surface area contributed by atoms with Crippen LogP contribution in [0, 0.1) is 0 Å². The summed E-state index contributed by atoms with van der Waals surface area (Å²) in [6.07, 6.45) is 1.41. The molecule has 0 saturated carbocycles. The number of carbonyl (C=O) groups is 2. The number of nitrogens with one attached hydrogen (secondary N) is 1. The summed E-state index contributed by atoms with van der Waals surface area (Å²) in [4.78, 5) is 23.9. The van der Waals surface area contributed by atoms with Gasteiger partial charge in [0, 0.05) is 5.69 Å². The Balaban J connectivity index is 1.82. The van der Waals surface area contributed by atoms with Crippen LogP contribution in [0.3, 0.4) is 0 Å². The van der Waals surface area contributed by atoms with E-state index in [0.717, 1.165) is 0 Å². The summed E-state index contributed by atoms with van der Waals surface area (Å²) in [6.45, 7) is 0. The Morgan fingerprint density at radius 3 is 2.50 bits per heavy atom. The number of benzene rings is 2. The van der Waals surface area contributed by atoms with E-state index in [0.29, 0.717) is 22.5 Å². The Kier molecular flexibility index (Phi) is 4.28. The van der Waals surface area contributed by atoms with Gasteiger partial charge in [0.05, 0.1) is 23.9 Å². The summed E-state index contributed by atoms with van der Waals surface area (Å²) in [6, 6.07) is 13.4. The zero-order valence-electron chi connectivity index (χ0n) is 12.7. The topological polar surface area (TPSA) is 99.0 Å². The molecule has 8 heteroatoms. The highest BCUT2D eigenvalue weighted by Crippen LogP contribution is 2.16. The summed E-state index contributed by atoms with van der Waals surface area (Å²) in [5.41, 5.74) is 1.94. The van der Waals surface area contributed by atoms with Crippen molar-refractivity contribution in [1.82, 2.24) is 20.2 Å². The molecule has 3 rings (SSSR count). The molecule has 0 aliphatic carbocycles. The molecule has 0 unspecified atom stereocenters. The first-order valence-corrected chi connectivity index (χ1v) is 7.01. The van der Waals surface area contributed by atoms with Gasteiger partial charge in [0.15, 0.2) is 0 Å². The molecule has 8 nitrogen and oxygen atoms in total. The molecular formula is C16H13N5O3. The van der Waals surface area contributed by atoms with Gasteiger partial charge >= 0.3 is 5.97 Å². The monoisotopic (exact) mass is 323 g/mol. The number of amides is 1. The van der Waals surface area contributed by atoms with Crippen LogP contribution in [0.25, 0.3) is 5.69 Å². The van der Waals surface area contributed by atoms with Crippen LogP contribution < -0.4 is 5.32 Å². The maximum atomic E-state index is 12.5. The van der Waals surface area contributed by atoms with Crippen LogP contribution in [0.1, 0.15) is 20.7 Å². The average molecular weight is 323 g/mol. The number of rotatable bonds is 4. The van der Waals surface area contributed by atoms with Crippen molar-refractivity contribution in [3.05, 3.63) is 66.0 Å². The van der Waals surface area contributed by atoms with E-state index in [1.54, 1.807) is 48.5 Å². The van der Waals surface area contributed by atoms with E-state index in [1.165, 1.54) is 18.1 Å². The first kappa shape index (κ1) is 15.3. The maximum Gasteiger partial charge on any atom is 0.337 e. The quantitative estimate of drug-likeness (QED) is 0.734. The van der Waals surface area contributed by atoms with E-state index < -0.39 is 5.97 Å². The summed E-state index contributed by atoms with van der Waals surface area (Å²) in [5, 5.41) is 13.7. The molecule has 1 amide bonds. The number of anilines is 1. The molecule has 0 aliphatic rings. The minimum Gasteiger partial charge on any atom is -0.465 e. The van der Waals surface area contributed by atoms with Gasteiger partial charge in [-0.1, -0.05) is 12.1 Å². The molecule has 0 spiro atoms. The number of esters is 1. The van der Waals surface area contributed by atoms with Crippen molar-refractivity contribution >= 4 is 17.6 Å². The highest BCUT2D eigenvalue weighted by atomic mass is 16.5. The van der Waals surface area contributed by atoms with Crippen molar-refractivity contribution in [2.75, 3.05) is 12.4 Å². The van der Waals surface area contributed by atoms with Crippen LogP contribution in [-0.2, 0) is 4.74 Å². The standard InChI is InChI=1S/C16H13N5O3/c1-24-16(23)11-6-8-12(9-7-11)18-15(22)13-4-2-3-5-14(13)21-10-17-19-20-21/h2-10H,1H3,(H,18,22). The molecule has 120 valence electrons. The molecule has 1 N–H and O–H groups in total. The number of hydrogen-bond acceptors (Lipinski definition) is 6. The highest BCUT2D eigenvalue weighted by molar-refractivity contribution is 6.06. The molecule has 3 aromatic rings. The van der Waals surface area contributed by atoms with E-state index in [4.69, 9.17) is 0 Å². The summed E-state index contributed by atoms with van der Waals surface area (Å²) in [7, 11) is 1.31. The Morgan fingerprint density at radius 2 is 1.83 bits per heavy atom. The second kappa shape index (κ2) is 6.69. The fourth-order valence-electron chi connectivity index (χ4n) is 2.14. The summed E-state index contributed by atoms with van der Waals surface area (Å²) < 4.78 is 6.05. The van der Waals surface area contributed by atoms with Gasteiger partial charge in [0.2, 0.25) is 0 Å². The minimum absolute atomic E-state index is 0.313. The third kappa shape index (κ3) is 3.12. The van der Waals surface area contributed by atoms with Crippen LogP contribution in [0.4, 0.5) is 5.69 Å². The molecule has 2 aromatic carbocycles. The van der Waals surface area contributed by atoms with Crippen molar-refractivity contribution < 1.29 is 14.3 Å². The molecule has 0 fully saturated rings. The number of methoxy groups -OCH3 is 1. The Bertz CT molecular complexity index is 860. The van der Waals surface area contributed by atoms with E-state index in [9.17, 15) is 9.59 Å². The van der Waals surface area contributed by atoms with Crippen LogP contribution in [0.2, 0.25) is 0 Å². The Hall–Kier alpha value is -3.55. The molecule has 1 heterocycles. The van der Waals surface area contributed by atoms with E-state index in [-0.39, 0.29) is 5.91 Å². The van der Waals surface area contributed by atoms with Crippen molar-refractivity contribution in [2.45, 2.75) is 0 Å². The van der Waals surface area contributed by atoms with Gasteiger partial charge in [-0.3, -0.25) is 4.79 Å². The lowest BCUT2D eigenvalue weighted by Crippen LogP contribution is -2.15. The lowest BCUT2D eigenvalue weighted by Gasteiger charge is -2.09. The second-order valence-corrected chi connectivity index (χ2v) is 4.79. The van der Waals surface area contributed by atoms with Gasteiger partial charge in [0.1, 0.15) is 6.33 Å². The predicted molar refractivity (Wildman–Crippen MR) is 84.9 cm³/mol. The lowest BCUT2D eigenvalue weighted by atomic mass is 10.1. The highest BCUT2D eigenvalue weighted by Gasteiger charge is 2.14. The zero-order chi connectivity index (χ0) is 16.9. The zero-order valence-corrected chi connectivity index (χ0v) is 12.7. The van der Waals surface area contributed by atoms with E-state index in [2.05, 4.69) is 25.6 Å². The molecule has 1 aromatic heterocycles. The molecule has 0 radical (unpaired) electrons. The first-order chi connectivity index (χ1) is 11.7. The fraction of sp³-hybridized carbons (Fsp3) is 0.0625. The molecule has 0 atom stereocenters. The average Bonchev–Trinajstić information content (AvgIpc) is 3.16. The Labute approximate surface area is 137 Å². The van der Waals surface area contributed by atoms with Crippen LogP contribution in [-0.4, -0.2) is 39.2 Å². The predicted octanol–water partition coefficient (Wildman–Crippen LogP) is 1.70. The number of aromatic nitrogens is 4. The van der Waals surface area contributed by atoms with E-state index in [1.807, 2.05) is 0 Å². The number of tetrazole rings is 1. The third-order valence-corrected chi connectivity index (χ3v) is 3.31. The summed E-state index contributed by atoms with van der Waals surface area (Å²) >= 11 is 0. The first-order valence-electron chi connectivity index (χ1n) is 7.01. The van der Waals surface area contributed by atoms with Crippen LogP contribution in [0.15, 0.2) is 54.9 Å². The van der Waals surface area contributed by atoms with Gasteiger partial charge in [-0.15, -0.1) is 5.10 Å². The van der Waals surface area contributed by atoms with Gasteiger partial charge in [-0.2, -0.15) is 4.68 Å². The van der Waals surface area contributed by atoms with Gasteiger partial charge in [-0.05, 0) is 46.8 Å². The smallest absolute Gasteiger partial charge is 0.337 e. The minimum atomic E-state index is -0.433. The number of nitrogens with zero attached hydrogens (tertiary/aromatic N) is 4. The maximum absolute atomic E-state index is 12.5. The van der Waals surface area contributed by atoms with Gasteiger partial charge in [0.25, 0.3) is 5.91 Å². The van der Waals surface area contributed by atoms with E-state index >= 15 is 0 Å². The van der Waals surface area contributed by atoms with Crippen molar-refractivity contribution in [3.8, 4) is 5.69 Å². The third-order valence-electron chi connectivity index (χ3n) is 3.31. The largest absolute Gasteiger partial charge is 0.465 e. The number of ether oxygens (including phenoxy) is 1. The van der Waals surface area contributed by atoms with Crippen LogP contribution >= 0.6 is 0 Å². The molecule has 0 saturated heterocycles. The number of carbonyl (C=O) groups excluding carboxylic acids is 2. The molecule has 0 aliphatic heterocycles. The van der Waals surface area contributed by atoms with Gasteiger partial charge in [-0.25, -0.2) is 4.79 Å². The number of para-hydroxylation sites is 1. The lowest BCUT2D eigenvalue weighted by molar-refractivity contribution is 0.0600. The van der Waals surface area contributed by atoms with Gasteiger partial charge < -0.3 is 10.1 Å². The SMILES string of the molecule is COC(=O)c1ccc(NC(=O)c2ccccc2-n2cnnn2)cc1. The van der Waals surface area contributed by atoms with Crippen molar-refractivity contribution in [3.63, 3.8) is 0 Å². The van der Waals surface area contributed by atoms with Crippen molar-refractivity contribution in [1.29, 1.82) is 0 Å². The molecule has 24 heavy (non-hydrogen) atoms. The molecule has 0 bridgehead atoms.